The number of fused-ring (bicyclic) bond motifs is 1. The zero-order chi connectivity index (χ0) is 13.3. The molecule has 0 N–H and O–H groups in total. The molecular weight excluding hydrogens is 268 g/mol. The van der Waals surface area contributed by atoms with Crippen LogP contribution in [0.1, 0.15) is 5.89 Å². The van der Waals surface area contributed by atoms with Crippen LogP contribution in [0, 0.1) is 0 Å². The molecule has 6 nitrogen and oxygen atoms in total. The van der Waals surface area contributed by atoms with Gasteiger partial charge in [-0.1, -0.05) is 12.1 Å². The summed E-state index contributed by atoms with van der Waals surface area (Å²) >= 11 is 0. The number of sulfonamides is 1. The van der Waals surface area contributed by atoms with Gasteiger partial charge in [-0.15, -0.1) is 0 Å². The number of nitrogens with zero attached hydrogens (tertiary/aromatic N) is 2. The number of oxazole rings is 1. The number of rotatable bonds is 3. The van der Waals surface area contributed by atoms with E-state index >= 15 is 0 Å². The van der Waals surface area contributed by atoms with E-state index in [1.165, 1.54) is 4.31 Å². The number of morpholine rings is 1. The number of benzene rings is 1. The predicted molar refractivity (Wildman–Crippen MR) is 69.0 cm³/mol. The van der Waals surface area contributed by atoms with E-state index in [4.69, 9.17) is 9.15 Å². The van der Waals surface area contributed by atoms with Crippen LogP contribution in [0.4, 0.5) is 0 Å². The van der Waals surface area contributed by atoms with Gasteiger partial charge >= 0.3 is 0 Å². The van der Waals surface area contributed by atoms with Crippen molar-refractivity contribution >= 4 is 21.1 Å². The van der Waals surface area contributed by atoms with E-state index in [1.54, 1.807) is 12.1 Å². The Hall–Kier alpha value is -1.44. The molecule has 1 saturated heterocycles. The molecule has 1 aromatic carbocycles. The van der Waals surface area contributed by atoms with Crippen LogP contribution in [-0.2, 0) is 20.5 Å². The summed E-state index contributed by atoms with van der Waals surface area (Å²) in [5.41, 5.74) is 1.28. The van der Waals surface area contributed by atoms with Gasteiger partial charge in [-0.25, -0.2) is 13.4 Å². The van der Waals surface area contributed by atoms with Gasteiger partial charge in [-0.05, 0) is 12.1 Å². The average Bonchev–Trinajstić information content (AvgIpc) is 2.81. The van der Waals surface area contributed by atoms with Crippen molar-refractivity contribution in [1.29, 1.82) is 0 Å². The minimum Gasteiger partial charge on any atom is -0.440 e. The van der Waals surface area contributed by atoms with Crippen molar-refractivity contribution in [3.8, 4) is 0 Å². The van der Waals surface area contributed by atoms with Crippen molar-refractivity contribution in [2.75, 3.05) is 26.3 Å². The van der Waals surface area contributed by atoms with E-state index < -0.39 is 10.0 Å². The number of para-hydroxylation sites is 2. The molecule has 0 spiro atoms. The topological polar surface area (TPSA) is 72.6 Å². The molecule has 0 aliphatic carbocycles. The molecular formula is C12H14N2O4S. The summed E-state index contributed by atoms with van der Waals surface area (Å²) in [4.78, 5) is 4.19. The molecule has 0 unspecified atom stereocenters. The molecule has 0 bridgehead atoms. The number of aromatic nitrogens is 1. The maximum atomic E-state index is 12.2. The molecule has 0 saturated carbocycles. The lowest BCUT2D eigenvalue weighted by atomic mass is 10.3. The molecule has 19 heavy (non-hydrogen) atoms. The monoisotopic (exact) mass is 282 g/mol. The number of ether oxygens (including phenoxy) is 1. The third kappa shape index (κ3) is 2.63. The van der Waals surface area contributed by atoms with Crippen LogP contribution in [0.3, 0.4) is 0 Å². The van der Waals surface area contributed by atoms with Gasteiger partial charge in [0.05, 0.1) is 13.2 Å². The van der Waals surface area contributed by atoms with Gasteiger partial charge in [0, 0.05) is 13.1 Å². The molecule has 2 heterocycles. The maximum Gasteiger partial charge on any atom is 0.223 e. The zero-order valence-electron chi connectivity index (χ0n) is 10.3. The van der Waals surface area contributed by atoms with Gasteiger partial charge in [0.1, 0.15) is 11.3 Å². The first-order valence-electron chi connectivity index (χ1n) is 6.05. The highest BCUT2D eigenvalue weighted by Gasteiger charge is 2.26. The fraction of sp³-hybridized carbons (Fsp3) is 0.417. The molecule has 1 aliphatic heterocycles. The van der Waals surface area contributed by atoms with Crippen LogP contribution in [0.25, 0.3) is 11.1 Å². The Balaban J connectivity index is 1.83. The van der Waals surface area contributed by atoms with Crippen LogP contribution in [0.5, 0.6) is 0 Å². The largest absolute Gasteiger partial charge is 0.440 e. The van der Waals surface area contributed by atoms with E-state index in [2.05, 4.69) is 4.98 Å². The van der Waals surface area contributed by atoms with E-state index in [1.807, 2.05) is 12.1 Å². The van der Waals surface area contributed by atoms with Crippen molar-refractivity contribution in [2.45, 2.75) is 5.75 Å². The maximum absolute atomic E-state index is 12.2. The second kappa shape index (κ2) is 4.92. The number of hydrogen-bond acceptors (Lipinski definition) is 5. The van der Waals surface area contributed by atoms with E-state index in [0.29, 0.717) is 37.4 Å². The van der Waals surface area contributed by atoms with E-state index in [9.17, 15) is 8.42 Å². The Bertz CT molecular complexity index is 641. The lowest BCUT2D eigenvalue weighted by Crippen LogP contribution is -2.41. The molecule has 7 heteroatoms. The zero-order valence-corrected chi connectivity index (χ0v) is 11.1. The molecule has 1 aliphatic rings. The Labute approximate surface area is 111 Å². The van der Waals surface area contributed by atoms with Crippen LogP contribution in [0.2, 0.25) is 0 Å². The summed E-state index contributed by atoms with van der Waals surface area (Å²) < 4.78 is 36.4. The average molecular weight is 282 g/mol. The SMILES string of the molecule is O=S(=O)(Cc1nc2ccccc2o1)N1CCOCC1. The fourth-order valence-corrected chi connectivity index (χ4v) is 3.38. The summed E-state index contributed by atoms with van der Waals surface area (Å²) in [6, 6.07) is 7.23. The Morgan fingerprint density at radius 1 is 1.21 bits per heavy atom. The highest BCUT2D eigenvalue weighted by molar-refractivity contribution is 7.88. The van der Waals surface area contributed by atoms with Crippen LogP contribution in [0.15, 0.2) is 28.7 Å². The normalized spacial score (nSPS) is 17.9. The first-order chi connectivity index (χ1) is 9.15. The second-order valence-electron chi connectivity index (χ2n) is 4.34. The van der Waals surface area contributed by atoms with E-state index in [-0.39, 0.29) is 11.6 Å². The molecule has 3 rings (SSSR count). The number of hydrogen-bond donors (Lipinski definition) is 0. The lowest BCUT2D eigenvalue weighted by molar-refractivity contribution is 0.0729. The highest BCUT2D eigenvalue weighted by Crippen LogP contribution is 2.18. The summed E-state index contributed by atoms with van der Waals surface area (Å²) in [6.45, 7) is 1.66. The first kappa shape index (κ1) is 12.6. The third-order valence-corrected chi connectivity index (χ3v) is 4.77. The summed E-state index contributed by atoms with van der Waals surface area (Å²) in [7, 11) is -3.39. The molecule has 0 atom stereocenters. The van der Waals surface area contributed by atoms with Crippen LogP contribution < -0.4 is 0 Å². The quantitative estimate of drug-likeness (QED) is 0.839. The molecule has 102 valence electrons. The minimum atomic E-state index is -3.39. The van der Waals surface area contributed by atoms with Crippen molar-refractivity contribution in [1.82, 2.24) is 9.29 Å². The predicted octanol–water partition coefficient (Wildman–Crippen LogP) is 0.990. The van der Waals surface area contributed by atoms with Gasteiger partial charge in [0.2, 0.25) is 15.9 Å². The highest BCUT2D eigenvalue weighted by atomic mass is 32.2. The van der Waals surface area contributed by atoms with Gasteiger partial charge in [0.15, 0.2) is 5.58 Å². The van der Waals surface area contributed by atoms with Gasteiger partial charge in [0.25, 0.3) is 0 Å². The molecule has 1 fully saturated rings. The Morgan fingerprint density at radius 2 is 1.95 bits per heavy atom. The molecule has 1 aromatic heterocycles. The van der Waals surface area contributed by atoms with Crippen LogP contribution in [-0.4, -0.2) is 44.0 Å². The summed E-state index contributed by atoms with van der Waals surface area (Å²) in [5.74, 6) is 0.0227. The third-order valence-electron chi connectivity index (χ3n) is 3.01. The smallest absolute Gasteiger partial charge is 0.223 e. The van der Waals surface area contributed by atoms with Crippen molar-refractivity contribution < 1.29 is 17.6 Å². The lowest BCUT2D eigenvalue weighted by Gasteiger charge is -2.25. The summed E-state index contributed by atoms with van der Waals surface area (Å²) in [5, 5.41) is 0. The van der Waals surface area contributed by atoms with Gasteiger partial charge < -0.3 is 9.15 Å². The second-order valence-corrected chi connectivity index (χ2v) is 6.31. The van der Waals surface area contributed by atoms with Crippen molar-refractivity contribution in [2.24, 2.45) is 0 Å². The molecule has 2 aromatic rings. The molecule has 0 radical (unpaired) electrons. The standard InChI is InChI=1S/C12H14N2O4S/c15-19(16,14-5-7-17-8-6-14)9-12-13-10-3-1-2-4-11(10)18-12/h1-4H,5-9H2. The van der Waals surface area contributed by atoms with Crippen LogP contribution >= 0.6 is 0 Å². The fourth-order valence-electron chi connectivity index (χ4n) is 2.05. The van der Waals surface area contributed by atoms with Crippen molar-refractivity contribution in [3.05, 3.63) is 30.2 Å². The first-order valence-corrected chi connectivity index (χ1v) is 7.66. The van der Waals surface area contributed by atoms with Gasteiger partial charge in [-0.2, -0.15) is 4.31 Å². The Morgan fingerprint density at radius 3 is 2.68 bits per heavy atom. The van der Waals surface area contributed by atoms with E-state index in [0.717, 1.165) is 0 Å². The summed E-state index contributed by atoms with van der Waals surface area (Å²) in [6.07, 6.45) is 0. The Kier molecular flexibility index (Phi) is 3.26. The van der Waals surface area contributed by atoms with Crippen molar-refractivity contribution in [3.63, 3.8) is 0 Å². The molecule has 0 amide bonds. The van der Waals surface area contributed by atoms with Gasteiger partial charge in [-0.3, -0.25) is 0 Å². The minimum absolute atomic E-state index is 0.207.